The van der Waals surface area contributed by atoms with Crippen molar-refractivity contribution in [1.29, 1.82) is 0 Å². The average Bonchev–Trinajstić information content (AvgIpc) is 2.97. The first-order valence-corrected chi connectivity index (χ1v) is 7.95. The minimum atomic E-state index is 0.416. The van der Waals surface area contributed by atoms with E-state index in [1.807, 2.05) is 24.3 Å². The molecule has 3 aromatic rings. The van der Waals surface area contributed by atoms with Crippen LogP contribution in [-0.2, 0) is 0 Å². The second-order valence-corrected chi connectivity index (χ2v) is 6.32. The van der Waals surface area contributed by atoms with Gasteiger partial charge in [-0.1, -0.05) is 31.5 Å². The van der Waals surface area contributed by atoms with E-state index in [1.165, 1.54) is 0 Å². The second kappa shape index (κ2) is 5.62. The van der Waals surface area contributed by atoms with E-state index in [0.717, 1.165) is 27.3 Å². The summed E-state index contributed by atoms with van der Waals surface area (Å²) in [4.78, 5) is 9.30. The number of thiazole rings is 1. The largest absolute Gasteiger partial charge is 0.495 e. The summed E-state index contributed by atoms with van der Waals surface area (Å²) in [7, 11) is 1.60. The first-order valence-electron chi connectivity index (χ1n) is 6.69. The zero-order chi connectivity index (χ0) is 15.0. The van der Waals surface area contributed by atoms with Gasteiger partial charge in [-0.25, -0.2) is 9.97 Å². The minimum Gasteiger partial charge on any atom is -0.495 e. The number of hydrogen-bond donors (Lipinski definition) is 0. The number of pyridine rings is 1. The lowest BCUT2D eigenvalue weighted by molar-refractivity contribution is 0.415. The highest BCUT2D eigenvalue weighted by Crippen LogP contribution is 2.33. The van der Waals surface area contributed by atoms with E-state index < -0.39 is 0 Å². The molecule has 0 spiro atoms. The quantitative estimate of drug-likeness (QED) is 0.670. The molecule has 0 aliphatic carbocycles. The molecule has 21 heavy (non-hydrogen) atoms. The van der Waals surface area contributed by atoms with Crippen LogP contribution >= 0.6 is 22.9 Å². The Morgan fingerprint density at radius 1 is 1.14 bits per heavy atom. The van der Waals surface area contributed by atoms with Gasteiger partial charge in [-0.3, -0.25) is 0 Å². The smallest absolute Gasteiger partial charge is 0.142 e. The van der Waals surface area contributed by atoms with Crippen LogP contribution in [0.4, 0.5) is 0 Å². The molecule has 2 heterocycles. The zero-order valence-corrected chi connectivity index (χ0v) is 13.6. The molecule has 1 aromatic carbocycles. The number of fused-ring (bicyclic) bond motifs is 1. The summed E-state index contributed by atoms with van der Waals surface area (Å²) in [6.45, 7) is 4.27. The predicted molar refractivity (Wildman–Crippen MR) is 88.5 cm³/mol. The zero-order valence-electron chi connectivity index (χ0n) is 12.1. The number of aromatic nitrogens is 2. The van der Waals surface area contributed by atoms with Crippen molar-refractivity contribution in [2.75, 3.05) is 7.11 Å². The fourth-order valence-corrected chi connectivity index (χ4v) is 3.32. The Morgan fingerprint density at radius 2 is 1.90 bits per heavy atom. The van der Waals surface area contributed by atoms with Crippen LogP contribution in [0.25, 0.3) is 21.6 Å². The molecule has 0 bridgehead atoms. The molecule has 0 N–H and O–H groups in total. The van der Waals surface area contributed by atoms with E-state index in [1.54, 1.807) is 18.4 Å². The van der Waals surface area contributed by atoms with Crippen LogP contribution in [0, 0.1) is 0 Å². The molecule has 0 atom stereocenters. The summed E-state index contributed by atoms with van der Waals surface area (Å²) in [6.07, 6.45) is 0. The van der Waals surface area contributed by atoms with Crippen LogP contribution in [0.5, 0.6) is 5.75 Å². The lowest BCUT2D eigenvalue weighted by Gasteiger charge is -2.06. The molecule has 0 unspecified atom stereocenters. The Hall–Kier alpha value is -1.65. The highest BCUT2D eigenvalue weighted by Gasteiger charge is 2.12. The summed E-state index contributed by atoms with van der Waals surface area (Å²) in [6, 6.07) is 7.80. The van der Waals surface area contributed by atoms with Gasteiger partial charge in [0.25, 0.3) is 0 Å². The first kappa shape index (κ1) is 14.3. The average molecular weight is 319 g/mol. The number of nitrogens with zero attached hydrogens (tertiary/aromatic N) is 2. The Morgan fingerprint density at radius 3 is 2.57 bits per heavy atom. The van der Waals surface area contributed by atoms with E-state index >= 15 is 0 Å². The summed E-state index contributed by atoms with van der Waals surface area (Å²) >= 11 is 7.96. The van der Waals surface area contributed by atoms with Crippen molar-refractivity contribution in [2.45, 2.75) is 19.8 Å². The Labute approximate surface area is 132 Å². The third kappa shape index (κ3) is 2.61. The first-order chi connectivity index (χ1) is 10.1. The SMILES string of the molecule is COc1ccc2ccc(-c3nc(C(C)C)cs3)nc2c1Cl. The molecular weight excluding hydrogens is 304 g/mol. The van der Waals surface area contributed by atoms with E-state index in [0.29, 0.717) is 16.7 Å². The maximum atomic E-state index is 6.35. The van der Waals surface area contributed by atoms with Gasteiger partial charge in [0, 0.05) is 10.8 Å². The van der Waals surface area contributed by atoms with Crippen molar-refractivity contribution in [3.8, 4) is 16.5 Å². The molecule has 0 saturated heterocycles. The summed E-state index contributed by atoms with van der Waals surface area (Å²) < 4.78 is 5.25. The van der Waals surface area contributed by atoms with Crippen LogP contribution in [0.1, 0.15) is 25.5 Å². The van der Waals surface area contributed by atoms with Gasteiger partial charge >= 0.3 is 0 Å². The van der Waals surface area contributed by atoms with Crippen molar-refractivity contribution in [3.63, 3.8) is 0 Å². The number of ether oxygens (including phenoxy) is 1. The number of rotatable bonds is 3. The van der Waals surface area contributed by atoms with Crippen LogP contribution < -0.4 is 4.74 Å². The lowest BCUT2D eigenvalue weighted by atomic mass is 10.1. The summed E-state index contributed by atoms with van der Waals surface area (Å²) in [5.74, 6) is 1.05. The monoisotopic (exact) mass is 318 g/mol. The van der Waals surface area contributed by atoms with Gasteiger partial charge < -0.3 is 4.74 Å². The molecular formula is C16H15ClN2OS. The third-order valence-corrected chi connectivity index (χ3v) is 4.57. The number of benzene rings is 1. The number of halogens is 1. The highest BCUT2D eigenvalue weighted by molar-refractivity contribution is 7.13. The summed E-state index contributed by atoms with van der Waals surface area (Å²) in [5, 5.41) is 4.53. The van der Waals surface area contributed by atoms with Crippen molar-refractivity contribution in [1.82, 2.24) is 9.97 Å². The topological polar surface area (TPSA) is 35.0 Å². The van der Waals surface area contributed by atoms with Gasteiger partial charge in [-0.05, 0) is 24.1 Å². The molecule has 5 heteroatoms. The van der Waals surface area contributed by atoms with E-state index in [9.17, 15) is 0 Å². The minimum absolute atomic E-state index is 0.416. The van der Waals surface area contributed by atoms with Crippen molar-refractivity contribution in [3.05, 3.63) is 40.4 Å². The molecule has 3 rings (SSSR count). The van der Waals surface area contributed by atoms with Crippen LogP contribution in [-0.4, -0.2) is 17.1 Å². The standard InChI is InChI=1S/C16H15ClN2OS/c1-9(2)12-8-21-16(19-12)11-6-4-10-5-7-13(20-3)14(17)15(10)18-11/h4-9H,1-3H3. The molecule has 0 aliphatic rings. The van der Waals surface area contributed by atoms with E-state index in [2.05, 4.69) is 29.2 Å². The van der Waals surface area contributed by atoms with Gasteiger partial charge in [-0.15, -0.1) is 11.3 Å². The maximum absolute atomic E-state index is 6.35. The Balaban J connectivity index is 2.13. The van der Waals surface area contributed by atoms with Crippen LogP contribution in [0.15, 0.2) is 29.6 Å². The van der Waals surface area contributed by atoms with Crippen LogP contribution in [0.2, 0.25) is 5.02 Å². The van der Waals surface area contributed by atoms with Crippen molar-refractivity contribution >= 4 is 33.8 Å². The van der Waals surface area contributed by atoms with Crippen molar-refractivity contribution < 1.29 is 4.74 Å². The highest BCUT2D eigenvalue weighted by atomic mass is 35.5. The van der Waals surface area contributed by atoms with Gasteiger partial charge in [-0.2, -0.15) is 0 Å². The molecule has 0 aliphatic heterocycles. The fourth-order valence-electron chi connectivity index (χ4n) is 2.08. The Kier molecular flexibility index (Phi) is 3.83. The molecule has 0 radical (unpaired) electrons. The molecule has 2 aromatic heterocycles. The number of hydrogen-bond acceptors (Lipinski definition) is 4. The fraction of sp³-hybridized carbons (Fsp3) is 0.250. The normalized spacial score (nSPS) is 11.3. The molecule has 0 fully saturated rings. The van der Waals surface area contributed by atoms with Gasteiger partial charge in [0.05, 0.1) is 24.0 Å². The molecule has 3 nitrogen and oxygen atoms in total. The van der Waals surface area contributed by atoms with Gasteiger partial charge in [0.15, 0.2) is 0 Å². The van der Waals surface area contributed by atoms with Crippen LogP contribution in [0.3, 0.4) is 0 Å². The Bertz CT molecular complexity index is 798. The van der Waals surface area contributed by atoms with Gasteiger partial charge in [0.1, 0.15) is 15.8 Å². The molecule has 0 amide bonds. The predicted octanol–water partition coefficient (Wildman–Crippen LogP) is 5.14. The van der Waals surface area contributed by atoms with E-state index in [4.69, 9.17) is 16.3 Å². The maximum Gasteiger partial charge on any atom is 0.142 e. The van der Waals surface area contributed by atoms with Gasteiger partial charge in [0.2, 0.25) is 0 Å². The summed E-state index contributed by atoms with van der Waals surface area (Å²) in [5.41, 5.74) is 2.68. The molecule has 0 saturated carbocycles. The van der Waals surface area contributed by atoms with E-state index in [-0.39, 0.29) is 0 Å². The number of methoxy groups -OCH3 is 1. The second-order valence-electron chi connectivity index (χ2n) is 5.08. The lowest BCUT2D eigenvalue weighted by Crippen LogP contribution is -1.91. The molecule has 108 valence electrons. The third-order valence-electron chi connectivity index (χ3n) is 3.32. The van der Waals surface area contributed by atoms with Crippen molar-refractivity contribution in [2.24, 2.45) is 0 Å².